The number of hydrogen-bond acceptors (Lipinski definition) is 8. The smallest absolute Gasteiger partial charge is 0.236 e. The number of aromatic nitrogens is 5. The summed E-state index contributed by atoms with van der Waals surface area (Å²) in [7, 11) is 0. The molecule has 7 nitrogen and oxygen atoms in total. The van der Waals surface area contributed by atoms with Crippen molar-refractivity contribution in [2.75, 3.05) is 11.1 Å². The standard InChI is InChI=1S/C22H24N6OS3/c1-2-28-19(16-12-30-17-11-7-6-10-15(16)17)24-27-22(28)31-13-18(29)23-21-26-25-20(32-21)14-8-4-3-5-9-14/h6-7,10-12,14H,2-5,8-9,13H2,1H3,(H,23,26,29). The molecule has 1 aliphatic rings. The third-order valence-corrected chi connectivity index (χ3v) is 8.66. The van der Waals surface area contributed by atoms with Crippen LogP contribution in [0, 0.1) is 0 Å². The maximum Gasteiger partial charge on any atom is 0.236 e. The van der Waals surface area contributed by atoms with Gasteiger partial charge in [0.15, 0.2) is 11.0 Å². The molecule has 32 heavy (non-hydrogen) atoms. The first-order valence-electron chi connectivity index (χ1n) is 10.9. The van der Waals surface area contributed by atoms with Gasteiger partial charge in [0, 0.05) is 33.5 Å². The molecule has 0 spiro atoms. The summed E-state index contributed by atoms with van der Waals surface area (Å²) in [6.07, 6.45) is 6.16. The van der Waals surface area contributed by atoms with Gasteiger partial charge < -0.3 is 4.57 Å². The summed E-state index contributed by atoms with van der Waals surface area (Å²) in [6, 6.07) is 8.31. The van der Waals surface area contributed by atoms with Gasteiger partial charge in [-0.3, -0.25) is 10.1 Å². The minimum atomic E-state index is -0.102. The predicted octanol–water partition coefficient (Wildman–Crippen LogP) is 5.81. The lowest BCUT2D eigenvalue weighted by Gasteiger charge is -2.18. The van der Waals surface area contributed by atoms with Crippen LogP contribution in [0.15, 0.2) is 34.8 Å². The monoisotopic (exact) mass is 484 g/mol. The lowest BCUT2D eigenvalue weighted by Crippen LogP contribution is -2.14. The Hall–Kier alpha value is -2.30. The average Bonchev–Trinajstić information content (AvgIpc) is 3.56. The lowest BCUT2D eigenvalue weighted by atomic mass is 9.90. The molecule has 0 unspecified atom stereocenters. The zero-order chi connectivity index (χ0) is 21.9. The molecule has 0 radical (unpaired) electrons. The molecule has 0 atom stereocenters. The first-order chi connectivity index (χ1) is 15.7. The third-order valence-electron chi connectivity index (χ3n) is 5.73. The summed E-state index contributed by atoms with van der Waals surface area (Å²) >= 11 is 4.60. The number of anilines is 1. The second-order valence-electron chi connectivity index (χ2n) is 7.81. The Morgan fingerprint density at radius 2 is 2.00 bits per heavy atom. The summed E-state index contributed by atoms with van der Waals surface area (Å²) in [5, 5.41) is 25.9. The highest BCUT2D eigenvalue weighted by Gasteiger charge is 2.21. The van der Waals surface area contributed by atoms with Crippen molar-refractivity contribution in [2.24, 2.45) is 0 Å². The van der Waals surface area contributed by atoms with E-state index in [1.807, 2.05) is 12.1 Å². The van der Waals surface area contributed by atoms with Crippen molar-refractivity contribution in [3.05, 3.63) is 34.7 Å². The topological polar surface area (TPSA) is 85.6 Å². The van der Waals surface area contributed by atoms with Gasteiger partial charge in [-0.15, -0.1) is 31.7 Å². The number of benzene rings is 1. The van der Waals surface area contributed by atoms with E-state index in [-0.39, 0.29) is 11.7 Å². The summed E-state index contributed by atoms with van der Waals surface area (Å²) < 4.78 is 3.30. The second-order valence-corrected chi connectivity index (χ2v) is 10.7. The van der Waals surface area contributed by atoms with Crippen LogP contribution in [0.25, 0.3) is 21.5 Å². The van der Waals surface area contributed by atoms with Crippen molar-refractivity contribution in [1.82, 2.24) is 25.0 Å². The molecule has 1 saturated carbocycles. The summed E-state index contributed by atoms with van der Waals surface area (Å²) in [6.45, 7) is 2.80. The van der Waals surface area contributed by atoms with Crippen molar-refractivity contribution in [3.8, 4) is 11.4 Å². The molecule has 166 valence electrons. The Kier molecular flexibility index (Phi) is 6.52. The number of carbonyl (C=O) groups is 1. The highest BCUT2D eigenvalue weighted by Crippen LogP contribution is 2.36. The molecule has 1 amide bonds. The van der Waals surface area contributed by atoms with Gasteiger partial charge in [0.2, 0.25) is 11.0 Å². The Bertz CT molecular complexity index is 1220. The molecular weight excluding hydrogens is 460 g/mol. The van der Waals surface area contributed by atoms with Crippen molar-refractivity contribution >= 4 is 55.6 Å². The molecule has 1 N–H and O–H groups in total. The zero-order valence-electron chi connectivity index (χ0n) is 17.8. The molecule has 1 aliphatic carbocycles. The van der Waals surface area contributed by atoms with Crippen LogP contribution in [0.4, 0.5) is 5.13 Å². The van der Waals surface area contributed by atoms with Gasteiger partial charge >= 0.3 is 0 Å². The van der Waals surface area contributed by atoms with E-state index in [0.717, 1.165) is 28.1 Å². The third kappa shape index (κ3) is 4.44. The van der Waals surface area contributed by atoms with Crippen molar-refractivity contribution in [3.63, 3.8) is 0 Å². The maximum atomic E-state index is 12.5. The molecule has 1 aromatic carbocycles. The minimum Gasteiger partial charge on any atom is -0.302 e. The molecule has 1 fully saturated rings. The van der Waals surface area contributed by atoms with Crippen molar-refractivity contribution in [1.29, 1.82) is 0 Å². The van der Waals surface area contributed by atoms with Gasteiger partial charge in [-0.25, -0.2) is 0 Å². The molecule has 0 saturated heterocycles. The van der Waals surface area contributed by atoms with Gasteiger partial charge in [-0.05, 0) is 25.8 Å². The summed E-state index contributed by atoms with van der Waals surface area (Å²) in [5.41, 5.74) is 1.08. The fourth-order valence-corrected chi connectivity index (χ4v) is 6.79. The molecular formula is C22H24N6OS3. The normalized spacial score (nSPS) is 14.8. The van der Waals surface area contributed by atoms with Crippen LogP contribution in [-0.4, -0.2) is 36.6 Å². The SMILES string of the molecule is CCn1c(SCC(=O)Nc2nnc(C3CCCCC3)s2)nnc1-c1csc2ccccc12. The molecule has 10 heteroatoms. The molecule has 3 aromatic heterocycles. The number of amides is 1. The number of carbonyl (C=O) groups excluding carboxylic acids is 1. The van der Waals surface area contributed by atoms with Crippen LogP contribution in [-0.2, 0) is 11.3 Å². The predicted molar refractivity (Wildman–Crippen MR) is 132 cm³/mol. The second kappa shape index (κ2) is 9.68. The number of hydrogen-bond donors (Lipinski definition) is 1. The average molecular weight is 485 g/mol. The van der Waals surface area contributed by atoms with Crippen LogP contribution >= 0.6 is 34.4 Å². The summed E-state index contributed by atoms with van der Waals surface area (Å²) in [4.78, 5) is 12.5. The fraction of sp³-hybridized carbons (Fsp3) is 0.409. The Labute approximate surface area is 198 Å². The number of nitrogens with one attached hydrogen (secondary N) is 1. The van der Waals surface area contributed by atoms with Gasteiger partial charge in [-0.2, -0.15) is 0 Å². The largest absolute Gasteiger partial charge is 0.302 e. The van der Waals surface area contributed by atoms with Gasteiger partial charge in [0.25, 0.3) is 0 Å². The minimum absolute atomic E-state index is 0.102. The zero-order valence-corrected chi connectivity index (χ0v) is 20.2. The molecule has 5 rings (SSSR count). The Morgan fingerprint density at radius 1 is 1.16 bits per heavy atom. The number of thioether (sulfide) groups is 1. The van der Waals surface area contributed by atoms with E-state index in [0.29, 0.717) is 11.0 Å². The van der Waals surface area contributed by atoms with Crippen LogP contribution < -0.4 is 5.32 Å². The van der Waals surface area contributed by atoms with E-state index in [1.54, 1.807) is 11.3 Å². The van der Waals surface area contributed by atoms with Gasteiger partial charge in [0.05, 0.1) is 5.75 Å². The van der Waals surface area contributed by atoms with Crippen molar-refractivity contribution < 1.29 is 4.79 Å². The van der Waals surface area contributed by atoms with Gasteiger partial charge in [0.1, 0.15) is 5.01 Å². The van der Waals surface area contributed by atoms with Crippen LogP contribution in [0.5, 0.6) is 0 Å². The van der Waals surface area contributed by atoms with E-state index in [2.05, 4.69) is 54.7 Å². The highest BCUT2D eigenvalue weighted by molar-refractivity contribution is 7.99. The van der Waals surface area contributed by atoms with Crippen molar-refractivity contribution in [2.45, 2.75) is 56.6 Å². The Morgan fingerprint density at radius 3 is 2.84 bits per heavy atom. The highest BCUT2D eigenvalue weighted by atomic mass is 32.2. The van der Waals surface area contributed by atoms with E-state index in [1.165, 1.54) is 65.3 Å². The maximum absolute atomic E-state index is 12.5. The lowest BCUT2D eigenvalue weighted by molar-refractivity contribution is -0.113. The molecule has 0 aliphatic heterocycles. The van der Waals surface area contributed by atoms with Crippen LogP contribution in [0.3, 0.4) is 0 Å². The number of thiophene rings is 1. The van der Waals surface area contributed by atoms with Crippen LogP contribution in [0.2, 0.25) is 0 Å². The fourth-order valence-electron chi connectivity index (χ4n) is 4.12. The Balaban J connectivity index is 1.24. The van der Waals surface area contributed by atoms with E-state index in [9.17, 15) is 4.79 Å². The first-order valence-corrected chi connectivity index (χ1v) is 13.6. The molecule has 4 aromatic rings. The quantitative estimate of drug-likeness (QED) is 0.333. The van der Waals surface area contributed by atoms with E-state index < -0.39 is 0 Å². The first kappa shape index (κ1) is 21.5. The summed E-state index contributed by atoms with van der Waals surface area (Å²) in [5.74, 6) is 1.49. The van der Waals surface area contributed by atoms with E-state index >= 15 is 0 Å². The van der Waals surface area contributed by atoms with E-state index in [4.69, 9.17) is 0 Å². The van der Waals surface area contributed by atoms with Gasteiger partial charge in [-0.1, -0.05) is 60.6 Å². The molecule has 3 heterocycles. The number of nitrogens with zero attached hydrogens (tertiary/aromatic N) is 5. The number of rotatable bonds is 7. The van der Waals surface area contributed by atoms with Crippen LogP contribution in [0.1, 0.15) is 50.0 Å². The number of fused-ring (bicyclic) bond motifs is 1. The molecule has 0 bridgehead atoms.